The van der Waals surface area contributed by atoms with Gasteiger partial charge in [-0.05, 0) is 30.4 Å². The molecule has 2 amide bonds. The molecule has 0 spiro atoms. The van der Waals surface area contributed by atoms with Crippen molar-refractivity contribution in [3.8, 4) is 0 Å². The Morgan fingerprint density at radius 3 is 3.05 bits per heavy atom. The number of rotatable bonds is 3. The summed E-state index contributed by atoms with van der Waals surface area (Å²) in [6, 6.07) is 8.38. The van der Waals surface area contributed by atoms with Gasteiger partial charge in [0.1, 0.15) is 6.54 Å². The molecule has 0 saturated carbocycles. The first-order valence-electron chi connectivity index (χ1n) is 6.97. The maximum Gasteiger partial charge on any atom is 0.240 e. The van der Waals surface area contributed by atoms with Gasteiger partial charge in [-0.3, -0.25) is 9.59 Å². The summed E-state index contributed by atoms with van der Waals surface area (Å²) >= 11 is 1.56. The summed E-state index contributed by atoms with van der Waals surface area (Å²) < 4.78 is 0. The number of fused-ring (bicyclic) bond motifs is 1. The van der Waals surface area contributed by atoms with Crippen molar-refractivity contribution in [3.05, 3.63) is 35.4 Å². The number of benzene rings is 1. The predicted octanol–water partition coefficient (Wildman–Crippen LogP) is 1.71. The van der Waals surface area contributed by atoms with E-state index in [9.17, 15) is 9.59 Å². The lowest BCUT2D eigenvalue weighted by Gasteiger charge is -2.27. The number of amides is 2. The van der Waals surface area contributed by atoms with Crippen LogP contribution in [0.1, 0.15) is 30.0 Å². The number of aryl methyl sites for hydroxylation is 1. The van der Waals surface area contributed by atoms with E-state index in [0.717, 1.165) is 19.3 Å². The van der Waals surface area contributed by atoms with E-state index in [-0.39, 0.29) is 24.4 Å². The van der Waals surface area contributed by atoms with Crippen LogP contribution < -0.4 is 5.32 Å². The van der Waals surface area contributed by atoms with Crippen LogP contribution in [0.2, 0.25) is 0 Å². The van der Waals surface area contributed by atoms with Gasteiger partial charge in [-0.25, -0.2) is 0 Å². The fourth-order valence-corrected chi connectivity index (χ4v) is 3.76. The molecule has 3 rings (SSSR count). The molecule has 1 fully saturated rings. The van der Waals surface area contributed by atoms with Crippen LogP contribution in [0.4, 0.5) is 0 Å². The number of carbonyl (C=O) groups is 2. The molecule has 20 heavy (non-hydrogen) atoms. The van der Waals surface area contributed by atoms with Crippen LogP contribution in [-0.2, 0) is 16.0 Å². The van der Waals surface area contributed by atoms with E-state index >= 15 is 0 Å². The van der Waals surface area contributed by atoms with Gasteiger partial charge in [-0.15, -0.1) is 11.8 Å². The molecule has 0 aromatic heterocycles. The van der Waals surface area contributed by atoms with E-state index in [1.165, 1.54) is 11.1 Å². The van der Waals surface area contributed by atoms with Crippen LogP contribution in [0.25, 0.3) is 0 Å². The molecule has 1 aliphatic heterocycles. The molecule has 1 aromatic rings. The van der Waals surface area contributed by atoms with Gasteiger partial charge in [0.15, 0.2) is 0 Å². The zero-order valence-corrected chi connectivity index (χ0v) is 12.1. The zero-order valence-electron chi connectivity index (χ0n) is 11.3. The third kappa shape index (κ3) is 2.82. The number of nitrogens with zero attached hydrogens (tertiary/aromatic N) is 1. The molecule has 1 aromatic carbocycles. The van der Waals surface area contributed by atoms with Crippen LogP contribution in [0, 0.1) is 0 Å². The van der Waals surface area contributed by atoms with Gasteiger partial charge in [0.25, 0.3) is 0 Å². The number of hydrogen-bond donors (Lipinski definition) is 1. The molecule has 4 nitrogen and oxygen atoms in total. The fourth-order valence-electron chi connectivity index (χ4n) is 2.86. The van der Waals surface area contributed by atoms with Gasteiger partial charge >= 0.3 is 0 Å². The molecule has 5 heteroatoms. The summed E-state index contributed by atoms with van der Waals surface area (Å²) in [6.45, 7) is 0.185. The Balaban J connectivity index is 1.63. The second-order valence-corrected chi connectivity index (χ2v) is 6.24. The van der Waals surface area contributed by atoms with Crippen molar-refractivity contribution in [2.45, 2.75) is 25.3 Å². The first kappa shape index (κ1) is 13.5. The number of nitrogens with one attached hydrogen (secondary N) is 1. The van der Waals surface area contributed by atoms with Crippen LogP contribution in [0.5, 0.6) is 0 Å². The molecule has 1 unspecified atom stereocenters. The van der Waals surface area contributed by atoms with Gasteiger partial charge < -0.3 is 10.2 Å². The highest BCUT2D eigenvalue weighted by Crippen LogP contribution is 2.29. The summed E-state index contributed by atoms with van der Waals surface area (Å²) in [5, 5.41) is 3.08. The Hall–Kier alpha value is -1.49. The standard InChI is InChI=1S/C15H18N2O2S/c18-14(8-17-10-20-9-15(17)19)16-13-7-3-5-11-4-1-2-6-12(11)13/h1-2,4,6,13H,3,5,7-10H2,(H,16,18). The van der Waals surface area contributed by atoms with Gasteiger partial charge in [0, 0.05) is 0 Å². The van der Waals surface area contributed by atoms with E-state index in [1.807, 2.05) is 12.1 Å². The number of hydrogen-bond acceptors (Lipinski definition) is 3. The van der Waals surface area contributed by atoms with Crippen molar-refractivity contribution in [2.24, 2.45) is 0 Å². The van der Waals surface area contributed by atoms with Crippen LogP contribution in [0.3, 0.4) is 0 Å². The van der Waals surface area contributed by atoms with Crippen LogP contribution >= 0.6 is 11.8 Å². The molecule has 2 aliphatic rings. The molecular weight excluding hydrogens is 272 g/mol. The second-order valence-electron chi connectivity index (χ2n) is 5.28. The van der Waals surface area contributed by atoms with Gasteiger partial charge in [0.2, 0.25) is 11.8 Å². The monoisotopic (exact) mass is 290 g/mol. The van der Waals surface area contributed by atoms with Crippen molar-refractivity contribution >= 4 is 23.6 Å². The van der Waals surface area contributed by atoms with Crippen molar-refractivity contribution < 1.29 is 9.59 Å². The highest BCUT2D eigenvalue weighted by Gasteiger charge is 2.25. The number of carbonyl (C=O) groups excluding carboxylic acids is 2. The van der Waals surface area contributed by atoms with Crippen LogP contribution in [-0.4, -0.2) is 34.9 Å². The van der Waals surface area contributed by atoms with Crippen molar-refractivity contribution in [3.63, 3.8) is 0 Å². The highest BCUT2D eigenvalue weighted by atomic mass is 32.2. The van der Waals surface area contributed by atoms with Crippen molar-refractivity contribution in [1.29, 1.82) is 0 Å². The molecule has 0 bridgehead atoms. The lowest BCUT2D eigenvalue weighted by atomic mass is 9.88. The van der Waals surface area contributed by atoms with Crippen molar-refractivity contribution in [1.82, 2.24) is 10.2 Å². The molecule has 0 radical (unpaired) electrons. The quantitative estimate of drug-likeness (QED) is 0.922. The molecular formula is C15H18N2O2S. The SMILES string of the molecule is O=C(CN1CSCC1=O)NC1CCCc2ccccc21. The lowest BCUT2D eigenvalue weighted by Crippen LogP contribution is -2.40. The first-order chi connectivity index (χ1) is 9.74. The van der Waals surface area contributed by atoms with E-state index in [4.69, 9.17) is 0 Å². The smallest absolute Gasteiger partial charge is 0.240 e. The summed E-state index contributed by atoms with van der Waals surface area (Å²) in [6.07, 6.45) is 3.16. The first-order valence-corrected chi connectivity index (χ1v) is 8.12. The number of thioether (sulfide) groups is 1. The third-order valence-electron chi connectivity index (χ3n) is 3.86. The molecule has 1 heterocycles. The largest absolute Gasteiger partial charge is 0.348 e. The Morgan fingerprint density at radius 2 is 2.25 bits per heavy atom. The van der Waals surface area contributed by atoms with Gasteiger partial charge in [-0.2, -0.15) is 0 Å². The van der Waals surface area contributed by atoms with E-state index in [1.54, 1.807) is 16.7 Å². The van der Waals surface area contributed by atoms with Crippen LogP contribution in [0.15, 0.2) is 24.3 Å². The fraction of sp³-hybridized carbons (Fsp3) is 0.467. The molecule has 1 saturated heterocycles. The highest BCUT2D eigenvalue weighted by molar-refractivity contribution is 8.00. The Kier molecular flexibility index (Phi) is 3.96. The van der Waals surface area contributed by atoms with E-state index in [0.29, 0.717) is 11.6 Å². The van der Waals surface area contributed by atoms with E-state index < -0.39 is 0 Å². The summed E-state index contributed by atoms with van der Waals surface area (Å²) in [7, 11) is 0. The summed E-state index contributed by atoms with van der Waals surface area (Å²) in [5.74, 6) is 1.14. The Morgan fingerprint density at radius 1 is 1.40 bits per heavy atom. The van der Waals surface area contributed by atoms with Gasteiger partial charge in [-0.1, -0.05) is 24.3 Å². The molecule has 1 N–H and O–H groups in total. The average molecular weight is 290 g/mol. The zero-order chi connectivity index (χ0) is 13.9. The molecule has 106 valence electrons. The van der Waals surface area contributed by atoms with E-state index in [2.05, 4.69) is 17.4 Å². The Bertz CT molecular complexity index is 532. The topological polar surface area (TPSA) is 49.4 Å². The van der Waals surface area contributed by atoms with Crippen molar-refractivity contribution in [2.75, 3.05) is 18.2 Å². The Labute approximate surface area is 122 Å². The maximum absolute atomic E-state index is 12.1. The third-order valence-corrected chi connectivity index (χ3v) is 4.81. The average Bonchev–Trinajstić information content (AvgIpc) is 2.85. The maximum atomic E-state index is 12.1. The normalized spacial score (nSPS) is 21.7. The predicted molar refractivity (Wildman–Crippen MR) is 79.3 cm³/mol. The summed E-state index contributed by atoms with van der Waals surface area (Å²) in [4.78, 5) is 25.3. The lowest BCUT2D eigenvalue weighted by molar-refractivity contribution is -0.132. The summed E-state index contributed by atoms with van der Waals surface area (Å²) in [5.41, 5.74) is 2.56. The minimum Gasteiger partial charge on any atom is -0.348 e. The van der Waals surface area contributed by atoms with Gasteiger partial charge in [0.05, 0.1) is 17.7 Å². The molecule has 1 aliphatic carbocycles. The minimum absolute atomic E-state index is 0.0532. The molecule has 1 atom stereocenters. The minimum atomic E-state index is -0.0532. The second kappa shape index (κ2) is 5.87.